The fraction of sp³-hybridized carbons (Fsp3) is 0.167. The van der Waals surface area contributed by atoms with Gasteiger partial charge in [-0.1, -0.05) is 31.0 Å². The molecule has 6 heteroatoms. The second-order valence-electron chi connectivity index (χ2n) is 4.74. The Morgan fingerprint density at radius 3 is 2.50 bits per heavy atom. The summed E-state index contributed by atoms with van der Waals surface area (Å²) in [5, 5.41) is 8.92. The maximum atomic E-state index is 7.95. The van der Waals surface area contributed by atoms with Crippen LogP contribution >= 0.6 is 12.8 Å². The Balaban J connectivity index is 0.000000368. The molecule has 0 aliphatic rings. The van der Waals surface area contributed by atoms with Gasteiger partial charge >= 0.3 is 0 Å². The number of aromatic nitrogens is 1. The van der Waals surface area contributed by atoms with Crippen molar-refractivity contribution in [2.75, 3.05) is 20.3 Å². The molecule has 0 bridgehead atoms. The number of nitrogens with one attached hydrogen (secondary N) is 1. The van der Waals surface area contributed by atoms with Crippen molar-refractivity contribution in [3.8, 4) is 17.2 Å². The largest absolute Gasteiger partial charge is 0.497 e. The maximum Gasteiger partial charge on any atom is 0.138 e. The van der Waals surface area contributed by atoms with Crippen LogP contribution in [0.25, 0.3) is 10.9 Å². The zero-order valence-electron chi connectivity index (χ0n) is 13.3. The minimum atomic E-state index is 0.156. The van der Waals surface area contributed by atoms with E-state index in [-0.39, 0.29) is 6.61 Å². The van der Waals surface area contributed by atoms with Gasteiger partial charge in [0.15, 0.2) is 0 Å². The number of aliphatic hydroxyl groups is 1. The van der Waals surface area contributed by atoms with Crippen molar-refractivity contribution >= 4 is 23.7 Å². The topological polar surface area (TPSA) is 63.6 Å². The number of aliphatic hydroxyl groups excluding tert-OH is 1. The Kier molecular flexibility index (Phi) is 7.35. The summed E-state index contributed by atoms with van der Waals surface area (Å²) in [6.45, 7) is 0.715. The molecule has 2 aromatic carbocycles. The molecule has 0 atom stereocenters. The summed E-state index contributed by atoms with van der Waals surface area (Å²) in [4.78, 5) is 4.33. The summed E-state index contributed by atoms with van der Waals surface area (Å²) in [7, 11) is 1.64. The van der Waals surface area contributed by atoms with E-state index in [9.17, 15) is 0 Å². The first-order valence-electron chi connectivity index (χ1n) is 7.42. The van der Waals surface area contributed by atoms with E-state index < -0.39 is 0 Å². The predicted molar refractivity (Wildman–Crippen MR) is 98.9 cm³/mol. The lowest BCUT2D eigenvalue weighted by Gasteiger charge is -2.09. The third-order valence-corrected chi connectivity index (χ3v) is 3.33. The fourth-order valence-electron chi connectivity index (χ4n) is 1.98. The van der Waals surface area contributed by atoms with Gasteiger partial charge in [0.1, 0.15) is 17.2 Å². The van der Waals surface area contributed by atoms with Crippen LogP contribution in [0, 0.1) is 0 Å². The second-order valence-corrected chi connectivity index (χ2v) is 5.06. The number of thiol groups is 1. The average molecular weight is 344 g/mol. The summed E-state index contributed by atoms with van der Waals surface area (Å²) in [6, 6.07) is 17.3. The van der Waals surface area contributed by atoms with Gasteiger partial charge in [-0.05, 0) is 30.3 Å². The van der Waals surface area contributed by atoms with Crippen LogP contribution in [-0.4, -0.2) is 30.4 Å². The Bertz CT molecular complexity index is 752. The zero-order chi connectivity index (χ0) is 17.2. The van der Waals surface area contributed by atoms with Gasteiger partial charge in [0.25, 0.3) is 0 Å². The van der Waals surface area contributed by atoms with Crippen LogP contribution in [0.4, 0.5) is 0 Å². The van der Waals surface area contributed by atoms with Crippen LogP contribution < -0.4 is 14.2 Å². The van der Waals surface area contributed by atoms with Crippen LogP contribution in [-0.2, 0) is 0 Å². The minimum absolute atomic E-state index is 0.156. The molecular weight excluding hydrogens is 324 g/mol. The smallest absolute Gasteiger partial charge is 0.138 e. The molecule has 0 unspecified atom stereocenters. The fourth-order valence-corrected chi connectivity index (χ4v) is 2.08. The van der Waals surface area contributed by atoms with Gasteiger partial charge in [0.05, 0.1) is 19.2 Å². The molecule has 24 heavy (non-hydrogen) atoms. The monoisotopic (exact) mass is 344 g/mol. The summed E-state index contributed by atoms with van der Waals surface area (Å²) >= 11 is 3.59. The lowest BCUT2D eigenvalue weighted by molar-refractivity contribution is 0.303. The number of hydrogen-bond acceptors (Lipinski definition) is 6. The standard InChI is InChI=1S/C16H13NO2.C2H7NOS/c1-18-13-7-8-14-15(11-13)17-10-9-16(14)19-12-5-3-2-4-6-12;4-2-1-3-5/h2-11H,1H3;3-5H,1-2H2. The molecule has 0 radical (unpaired) electrons. The molecule has 0 amide bonds. The first-order valence-corrected chi connectivity index (χ1v) is 7.86. The van der Waals surface area contributed by atoms with E-state index in [0.29, 0.717) is 6.54 Å². The lowest BCUT2D eigenvalue weighted by Crippen LogP contribution is -2.04. The predicted octanol–water partition coefficient (Wildman–Crippen LogP) is 3.45. The van der Waals surface area contributed by atoms with Gasteiger partial charge in [-0.2, -0.15) is 0 Å². The van der Waals surface area contributed by atoms with Crippen LogP contribution in [0.2, 0.25) is 0 Å². The van der Waals surface area contributed by atoms with Crippen LogP contribution in [0.1, 0.15) is 0 Å². The van der Waals surface area contributed by atoms with Crippen molar-refractivity contribution in [3.63, 3.8) is 0 Å². The van der Waals surface area contributed by atoms with Gasteiger partial charge in [-0.15, -0.1) is 0 Å². The molecule has 0 aliphatic heterocycles. The van der Waals surface area contributed by atoms with Crippen LogP contribution in [0.15, 0.2) is 60.8 Å². The SMILES string of the molecule is COc1ccc2c(Oc3ccccc3)ccnc2c1.OCCNS. The maximum absolute atomic E-state index is 7.95. The molecule has 1 aromatic heterocycles. The minimum Gasteiger partial charge on any atom is -0.497 e. The molecule has 1 heterocycles. The Labute approximate surface area is 146 Å². The number of pyridine rings is 1. The number of para-hydroxylation sites is 1. The van der Waals surface area contributed by atoms with Crippen LogP contribution in [0.5, 0.6) is 17.2 Å². The normalized spacial score (nSPS) is 9.96. The molecule has 126 valence electrons. The van der Waals surface area contributed by atoms with Crippen molar-refractivity contribution in [2.24, 2.45) is 0 Å². The molecule has 3 aromatic rings. The molecule has 0 aliphatic carbocycles. The first-order chi connectivity index (χ1) is 11.8. The Morgan fingerprint density at radius 2 is 1.88 bits per heavy atom. The van der Waals surface area contributed by atoms with Gasteiger partial charge in [-0.3, -0.25) is 9.71 Å². The molecular formula is C18H20N2O3S. The number of fused-ring (bicyclic) bond motifs is 1. The lowest BCUT2D eigenvalue weighted by atomic mass is 10.2. The number of rotatable bonds is 5. The van der Waals surface area contributed by atoms with E-state index in [1.54, 1.807) is 13.3 Å². The van der Waals surface area contributed by atoms with E-state index in [4.69, 9.17) is 14.6 Å². The average Bonchev–Trinajstić information content (AvgIpc) is 2.63. The van der Waals surface area contributed by atoms with E-state index in [1.807, 2.05) is 54.6 Å². The molecule has 0 saturated heterocycles. The zero-order valence-corrected chi connectivity index (χ0v) is 14.2. The Morgan fingerprint density at radius 1 is 1.08 bits per heavy atom. The van der Waals surface area contributed by atoms with Crippen molar-refractivity contribution in [3.05, 3.63) is 60.8 Å². The third-order valence-electron chi connectivity index (χ3n) is 3.10. The van der Waals surface area contributed by atoms with Crippen molar-refractivity contribution in [2.45, 2.75) is 0 Å². The number of hydrogen-bond donors (Lipinski definition) is 3. The summed E-state index contributed by atoms with van der Waals surface area (Å²) < 4.78 is 13.5. The van der Waals surface area contributed by atoms with E-state index in [2.05, 4.69) is 22.5 Å². The van der Waals surface area contributed by atoms with E-state index in [1.165, 1.54) is 0 Å². The molecule has 3 rings (SSSR count). The van der Waals surface area contributed by atoms with Crippen LogP contribution in [0.3, 0.4) is 0 Å². The Hall–Kier alpha value is -2.28. The molecule has 2 N–H and O–H groups in total. The van der Waals surface area contributed by atoms with Crippen molar-refractivity contribution in [1.82, 2.24) is 9.71 Å². The number of benzene rings is 2. The van der Waals surface area contributed by atoms with Crippen molar-refractivity contribution < 1.29 is 14.6 Å². The quantitative estimate of drug-likeness (QED) is 0.619. The first kappa shape index (κ1) is 18.1. The highest BCUT2D eigenvalue weighted by atomic mass is 32.1. The molecule has 0 saturated carbocycles. The highest BCUT2D eigenvalue weighted by molar-refractivity contribution is 7.78. The second kappa shape index (κ2) is 9.77. The number of nitrogens with zero attached hydrogens (tertiary/aromatic N) is 1. The molecule has 5 nitrogen and oxygen atoms in total. The molecule has 0 spiro atoms. The van der Waals surface area contributed by atoms with E-state index >= 15 is 0 Å². The number of methoxy groups -OCH3 is 1. The van der Waals surface area contributed by atoms with Crippen molar-refractivity contribution in [1.29, 1.82) is 0 Å². The third kappa shape index (κ3) is 5.13. The van der Waals surface area contributed by atoms with Gasteiger partial charge in [-0.25, -0.2) is 0 Å². The summed E-state index contributed by atoms with van der Waals surface area (Å²) in [5.74, 6) is 2.39. The van der Waals surface area contributed by atoms with Gasteiger partial charge in [0.2, 0.25) is 0 Å². The summed E-state index contributed by atoms with van der Waals surface area (Å²) in [5.41, 5.74) is 0.854. The van der Waals surface area contributed by atoms with Gasteiger partial charge in [0, 0.05) is 24.2 Å². The van der Waals surface area contributed by atoms with E-state index in [0.717, 1.165) is 28.2 Å². The molecule has 0 fully saturated rings. The van der Waals surface area contributed by atoms with Gasteiger partial charge < -0.3 is 14.6 Å². The summed E-state index contributed by atoms with van der Waals surface area (Å²) in [6.07, 6.45) is 1.74. The highest BCUT2D eigenvalue weighted by Crippen LogP contribution is 2.30. The highest BCUT2D eigenvalue weighted by Gasteiger charge is 2.05. The number of ether oxygens (including phenoxy) is 2.